The minimum Gasteiger partial charge on any atom is -0.513 e. The van der Waals surface area contributed by atoms with Gasteiger partial charge < -0.3 is 15.7 Å². The number of anilines is 1. The Morgan fingerprint density at radius 3 is 2.33 bits per heavy atom. The molecule has 6 heteroatoms. The van der Waals surface area contributed by atoms with E-state index < -0.39 is 23.0 Å². The lowest BCUT2D eigenvalue weighted by Gasteiger charge is -2.15. The van der Waals surface area contributed by atoms with Crippen LogP contribution in [0.3, 0.4) is 0 Å². The molecule has 2 amide bonds. The van der Waals surface area contributed by atoms with Crippen LogP contribution in [0.15, 0.2) is 60.5 Å². The molecule has 24 heavy (non-hydrogen) atoms. The first-order valence-electron chi connectivity index (χ1n) is 7.46. The number of aliphatic hydroxyl groups excluding tert-OH is 1. The first-order valence-corrected chi connectivity index (χ1v) is 7.46. The van der Waals surface area contributed by atoms with Gasteiger partial charge in [0.05, 0.1) is 5.76 Å². The summed E-state index contributed by atoms with van der Waals surface area (Å²) < 4.78 is 12.9. The molecular formula is C18H19FN2O3. The van der Waals surface area contributed by atoms with Crippen molar-refractivity contribution in [2.45, 2.75) is 19.8 Å². The highest BCUT2D eigenvalue weighted by molar-refractivity contribution is 6.13. The molecule has 0 unspecified atom stereocenters. The fourth-order valence-corrected chi connectivity index (χ4v) is 2.09. The summed E-state index contributed by atoms with van der Waals surface area (Å²) in [4.78, 5) is 24.8. The van der Waals surface area contributed by atoms with Crippen molar-refractivity contribution in [2.75, 3.05) is 5.32 Å². The number of hydrogen-bond donors (Lipinski definition) is 3. The van der Waals surface area contributed by atoms with Crippen molar-refractivity contribution in [3.05, 3.63) is 66.3 Å². The minimum absolute atomic E-state index is 0.0822. The summed E-state index contributed by atoms with van der Waals surface area (Å²) in [7, 11) is 0. The van der Waals surface area contributed by atoms with Gasteiger partial charge in [-0.3, -0.25) is 9.59 Å². The number of halogens is 1. The summed E-state index contributed by atoms with van der Waals surface area (Å²) in [6.45, 7) is 5.08. The Morgan fingerprint density at radius 2 is 1.83 bits per heavy atom. The maximum Gasteiger partial charge on any atom is 0.240 e. The number of benzene rings is 1. The molecule has 0 heterocycles. The predicted molar refractivity (Wildman–Crippen MR) is 89.5 cm³/mol. The average molecular weight is 330 g/mol. The first kappa shape index (κ1) is 17.5. The van der Waals surface area contributed by atoms with Crippen LogP contribution in [0, 0.1) is 11.2 Å². The SMILES string of the molecule is C=C/C(=C\C=C(/C)O)NC(=O)C1(C(=O)Nc2ccc(F)cc2)CC1. The van der Waals surface area contributed by atoms with Crippen molar-refractivity contribution in [3.8, 4) is 0 Å². The van der Waals surface area contributed by atoms with Crippen molar-refractivity contribution < 1.29 is 19.1 Å². The van der Waals surface area contributed by atoms with Crippen LogP contribution in [0.4, 0.5) is 10.1 Å². The molecule has 0 radical (unpaired) electrons. The second kappa shape index (κ2) is 7.12. The largest absolute Gasteiger partial charge is 0.513 e. The Bertz CT molecular complexity index is 712. The molecule has 2 rings (SSSR count). The van der Waals surface area contributed by atoms with Crippen molar-refractivity contribution in [1.82, 2.24) is 5.32 Å². The maximum atomic E-state index is 12.9. The van der Waals surface area contributed by atoms with Gasteiger partial charge in [0.2, 0.25) is 11.8 Å². The molecule has 0 bridgehead atoms. The Hall–Kier alpha value is -2.89. The van der Waals surface area contributed by atoms with E-state index in [2.05, 4.69) is 17.2 Å². The lowest BCUT2D eigenvalue weighted by Crippen LogP contribution is -2.39. The van der Waals surface area contributed by atoms with Gasteiger partial charge in [0.1, 0.15) is 11.2 Å². The fourth-order valence-electron chi connectivity index (χ4n) is 2.09. The summed E-state index contributed by atoms with van der Waals surface area (Å²) in [6.07, 6.45) is 5.20. The Morgan fingerprint density at radius 1 is 1.21 bits per heavy atom. The molecule has 3 N–H and O–H groups in total. The van der Waals surface area contributed by atoms with E-state index >= 15 is 0 Å². The summed E-state index contributed by atoms with van der Waals surface area (Å²) in [5, 5.41) is 14.4. The Balaban J connectivity index is 2.06. The molecule has 1 saturated carbocycles. The van der Waals surface area contributed by atoms with Crippen LogP contribution in [0.25, 0.3) is 0 Å². The van der Waals surface area contributed by atoms with Gasteiger partial charge >= 0.3 is 0 Å². The Kier molecular flexibility index (Phi) is 5.18. The Labute approximate surface area is 139 Å². The quantitative estimate of drug-likeness (QED) is 0.426. The molecule has 1 fully saturated rings. The first-order chi connectivity index (χ1) is 11.4. The number of aliphatic hydroxyl groups is 1. The van der Waals surface area contributed by atoms with Gasteiger partial charge in [-0.25, -0.2) is 4.39 Å². The van der Waals surface area contributed by atoms with Gasteiger partial charge in [0, 0.05) is 11.4 Å². The highest BCUT2D eigenvalue weighted by atomic mass is 19.1. The van der Waals surface area contributed by atoms with E-state index in [-0.39, 0.29) is 5.76 Å². The molecular weight excluding hydrogens is 311 g/mol. The van der Waals surface area contributed by atoms with Crippen molar-refractivity contribution >= 4 is 17.5 Å². The summed E-state index contributed by atoms with van der Waals surface area (Å²) in [6, 6.07) is 5.34. The molecule has 0 spiro atoms. The number of amides is 2. The van der Waals surface area contributed by atoms with Gasteiger partial charge in [0.25, 0.3) is 0 Å². The van der Waals surface area contributed by atoms with Gasteiger partial charge in [0.15, 0.2) is 0 Å². The monoisotopic (exact) mass is 330 g/mol. The molecule has 0 atom stereocenters. The molecule has 1 aromatic carbocycles. The van der Waals surface area contributed by atoms with Crippen molar-refractivity contribution in [2.24, 2.45) is 5.41 Å². The summed E-state index contributed by atoms with van der Waals surface area (Å²) in [5.41, 5.74) is -0.317. The van der Waals surface area contributed by atoms with Crippen LogP contribution in [0.1, 0.15) is 19.8 Å². The normalized spacial score (nSPS) is 16.2. The summed E-state index contributed by atoms with van der Waals surface area (Å²) >= 11 is 0. The third kappa shape index (κ3) is 4.10. The zero-order valence-corrected chi connectivity index (χ0v) is 13.3. The number of rotatable bonds is 6. The smallest absolute Gasteiger partial charge is 0.240 e. The highest BCUT2D eigenvalue weighted by Crippen LogP contribution is 2.47. The average Bonchev–Trinajstić information content (AvgIpc) is 3.35. The van der Waals surface area contributed by atoms with Gasteiger partial charge in [-0.2, -0.15) is 0 Å². The van der Waals surface area contributed by atoms with Gasteiger partial charge in [-0.05, 0) is 62.3 Å². The van der Waals surface area contributed by atoms with Crippen LogP contribution >= 0.6 is 0 Å². The second-order valence-corrected chi connectivity index (χ2v) is 5.63. The number of allylic oxidation sites excluding steroid dienone is 4. The van der Waals surface area contributed by atoms with Crippen LogP contribution in [0.5, 0.6) is 0 Å². The zero-order chi connectivity index (χ0) is 17.7. The van der Waals surface area contributed by atoms with Crippen LogP contribution in [-0.2, 0) is 9.59 Å². The molecule has 1 aromatic rings. The molecule has 1 aliphatic rings. The third-order valence-electron chi connectivity index (χ3n) is 3.70. The lowest BCUT2D eigenvalue weighted by molar-refractivity contribution is -0.133. The van der Waals surface area contributed by atoms with Crippen LogP contribution in [0.2, 0.25) is 0 Å². The van der Waals surface area contributed by atoms with E-state index in [1.54, 1.807) is 0 Å². The van der Waals surface area contributed by atoms with E-state index in [9.17, 15) is 14.0 Å². The van der Waals surface area contributed by atoms with E-state index in [0.717, 1.165) is 0 Å². The van der Waals surface area contributed by atoms with Crippen LogP contribution < -0.4 is 10.6 Å². The second-order valence-electron chi connectivity index (χ2n) is 5.63. The minimum atomic E-state index is -1.13. The molecule has 0 aromatic heterocycles. The van der Waals surface area contributed by atoms with Crippen molar-refractivity contribution in [1.29, 1.82) is 0 Å². The predicted octanol–water partition coefficient (Wildman–Crippen LogP) is 3.19. The third-order valence-corrected chi connectivity index (χ3v) is 3.70. The number of carbonyl (C=O) groups is 2. The number of hydrogen-bond acceptors (Lipinski definition) is 3. The van der Waals surface area contributed by atoms with Gasteiger partial charge in [-0.15, -0.1) is 0 Å². The molecule has 1 aliphatic carbocycles. The van der Waals surface area contributed by atoms with E-state index in [4.69, 9.17) is 5.11 Å². The van der Waals surface area contributed by atoms with E-state index in [1.807, 2.05) is 0 Å². The van der Waals surface area contributed by atoms with Gasteiger partial charge in [-0.1, -0.05) is 6.58 Å². The molecule has 0 saturated heterocycles. The lowest BCUT2D eigenvalue weighted by atomic mass is 10.0. The standard InChI is InChI=1S/C18H19FN2O3/c1-3-14(7-4-12(2)22)20-16(23)18(10-11-18)17(24)21-15-8-5-13(19)6-9-15/h3-9,22H,1,10-11H2,2H3,(H,20,23)(H,21,24)/b12-4+,14-7+. The zero-order valence-electron chi connectivity index (χ0n) is 13.3. The maximum absolute atomic E-state index is 12.9. The molecule has 0 aliphatic heterocycles. The van der Waals surface area contributed by atoms with Crippen LogP contribution in [-0.4, -0.2) is 16.9 Å². The summed E-state index contributed by atoms with van der Waals surface area (Å²) in [5.74, 6) is -1.18. The fraction of sp³-hybridized carbons (Fsp3) is 0.222. The van der Waals surface area contributed by atoms with Crippen molar-refractivity contribution in [3.63, 3.8) is 0 Å². The highest BCUT2D eigenvalue weighted by Gasteiger charge is 2.56. The molecule has 5 nitrogen and oxygen atoms in total. The van der Waals surface area contributed by atoms with E-state index in [0.29, 0.717) is 24.2 Å². The number of carbonyl (C=O) groups excluding carboxylic acids is 2. The number of nitrogens with one attached hydrogen (secondary N) is 2. The van der Waals surface area contributed by atoms with E-state index in [1.165, 1.54) is 49.4 Å². The molecule has 126 valence electrons. The topological polar surface area (TPSA) is 78.4 Å².